The van der Waals surface area contributed by atoms with E-state index in [-0.39, 0.29) is 11.5 Å². The third kappa shape index (κ3) is 2.08. The molecular weight excluding hydrogens is 132 g/mol. The van der Waals surface area contributed by atoms with E-state index in [1.165, 1.54) is 6.20 Å². The highest BCUT2D eigenvalue weighted by molar-refractivity contribution is 5.93. The highest BCUT2D eigenvalue weighted by atomic mass is 16.1. The van der Waals surface area contributed by atoms with Crippen molar-refractivity contribution in [2.75, 3.05) is 0 Å². The van der Waals surface area contributed by atoms with Crippen LogP contribution >= 0.6 is 0 Å². The Hall–Kier alpha value is -1.65. The van der Waals surface area contributed by atoms with Crippen molar-refractivity contribution < 1.29 is 4.79 Å². The zero-order chi connectivity index (χ0) is 8.15. The molecule has 0 fully saturated rings. The lowest BCUT2D eigenvalue weighted by Crippen LogP contribution is -2.29. The molecule has 5 nitrogen and oxygen atoms in total. The standard InChI is InChI=1S/C5H10N4O/c1-2-9-5(10)3(6)4(7)8/h2H,1,6-8H2,(H,9,10). The van der Waals surface area contributed by atoms with E-state index in [2.05, 4.69) is 11.9 Å². The van der Waals surface area contributed by atoms with Gasteiger partial charge in [0.1, 0.15) is 11.5 Å². The van der Waals surface area contributed by atoms with Gasteiger partial charge in [-0.05, 0) is 6.20 Å². The normalized spacial score (nSPS) is 8.00. The molecule has 0 bridgehead atoms. The second-order valence-corrected chi connectivity index (χ2v) is 1.55. The summed E-state index contributed by atoms with van der Waals surface area (Å²) < 4.78 is 0. The molecule has 0 aromatic carbocycles. The van der Waals surface area contributed by atoms with Crippen LogP contribution < -0.4 is 22.5 Å². The number of nitrogens with two attached hydrogens (primary N) is 3. The Balaban J connectivity index is 4.22. The van der Waals surface area contributed by atoms with E-state index in [9.17, 15) is 4.79 Å². The van der Waals surface area contributed by atoms with Gasteiger partial charge in [-0.15, -0.1) is 0 Å². The molecule has 10 heavy (non-hydrogen) atoms. The van der Waals surface area contributed by atoms with Crippen LogP contribution in [0.3, 0.4) is 0 Å². The SMILES string of the molecule is C=CNC(=O)C(N)=C(N)N. The Bertz CT molecular complexity index is 180. The van der Waals surface area contributed by atoms with Gasteiger partial charge in [-0.1, -0.05) is 6.58 Å². The van der Waals surface area contributed by atoms with Crippen LogP contribution in [-0.4, -0.2) is 5.91 Å². The summed E-state index contributed by atoms with van der Waals surface area (Å²) in [4.78, 5) is 10.7. The van der Waals surface area contributed by atoms with Crippen LogP contribution in [0, 0.1) is 0 Å². The first-order valence-electron chi connectivity index (χ1n) is 2.52. The molecule has 0 aliphatic carbocycles. The van der Waals surface area contributed by atoms with Gasteiger partial charge >= 0.3 is 0 Å². The maximum atomic E-state index is 10.7. The molecule has 56 valence electrons. The average molecular weight is 142 g/mol. The molecule has 0 saturated heterocycles. The lowest BCUT2D eigenvalue weighted by Gasteiger charge is -1.99. The molecule has 5 heteroatoms. The quantitative estimate of drug-likeness (QED) is 0.344. The van der Waals surface area contributed by atoms with Crippen molar-refractivity contribution in [2.24, 2.45) is 17.2 Å². The molecule has 0 spiro atoms. The monoisotopic (exact) mass is 142 g/mol. The average Bonchev–Trinajstić information content (AvgIpc) is 1.87. The number of hydrogen-bond acceptors (Lipinski definition) is 4. The van der Waals surface area contributed by atoms with Crippen molar-refractivity contribution in [3.63, 3.8) is 0 Å². The highest BCUT2D eigenvalue weighted by Crippen LogP contribution is 1.82. The Kier molecular flexibility index (Phi) is 2.83. The van der Waals surface area contributed by atoms with Gasteiger partial charge in [-0.3, -0.25) is 4.79 Å². The van der Waals surface area contributed by atoms with E-state index in [1.807, 2.05) is 0 Å². The van der Waals surface area contributed by atoms with Crippen LogP contribution in [-0.2, 0) is 4.79 Å². The van der Waals surface area contributed by atoms with Gasteiger partial charge in [0.25, 0.3) is 5.91 Å². The first-order valence-corrected chi connectivity index (χ1v) is 2.52. The number of carbonyl (C=O) groups is 1. The summed E-state index contributed by atoms with van der Waals surface area (Å²) in [5, 5.41) is 2.21. The van der Waals surface area contributed by atoms with Crippen molar-refractivity contribution in [1.82, 2.24) is 5.32 Å². The number of nitrogens with one attached hydrogen (secondary N) is 1. The number of amides is 1. The molecule has 1 amide bonds. The van der Waals surface area contributed by atoms with Crippen molar-refractivity contribution in [3.05, 3.63) is 24.3 Å². The van der Waals surface area contributed by atoms with Crippen LogP contribution in [0.4, 0.5) is 0 Å². The van der Waals surface area contributed by atoms with E-state index in [0.29, 0.717) is 0 Å². The van der Waals surface area contributed by atoms with Gasteiger partial charge in [-0.2, -0.15) is 0 Å². The molecule has 0 saturated carbocycles. The minimum atomic E-state index is -0.546. The fourth-order valence-corrected chi connectivity index (χ4v) is 0.302. The Labute approximate surface area is 58.6 Å². The molecule has 0 aliphatic heterocycles. The molecule has 0 unspecified atom stereocenters. The van der Waals surface area contributed by atoms with Gasteiger partial charge in [0, 0.05) is 0 Å². The molecule has 0 aromatic heterocycles. The van der Waals surface area contributed by atoms with E-state index >= 15 is 0 Å². The fraction of sp³-hybridized carbons (Fsp3) is 0. The third-order valence-corrected chi connectivity index (χ3v) is 0.789. The Morgan fingerprint density at radius 3 is 2.20 bits per heavy atom. The molecule has 0 rings (SSSR count). The minimum absolute atomic E-state index is 0.195. The second-order valence-electron chi connectivity index (χ2n) is 1.55. The summed E-state index contributed by atoms with van der Waals surface area (Å²) in [6, 6.07) is 0. The van der Waals surface area contributed by atoms with Crippen molar-refractivity contribution in [1.29, 1.82) is 0 Å². The van der Waals surface area contributed by atoms with Gasteiger partial charge in [0.05, 0.1) is 0 Å². The van der Waals surface area contributed by atoms with Gasteiger partial charge in [-0.25, -0.2) is 0 Å². The lowest BCUT2D eigenvalue weighted by atomic mass is 10.4. The molecular formula is C5H10N4O. The van der Waals surface area contributed by atoms with Crippen LogP contribution in [0.15, 0.2) is 24.3 Å². The molecule has 7 N–H and O–H groups in total. The first kappa shape index (κ1) is 8.35. The van der Waals surface area contributed by atoms with Crippen LogP contribution in [0.5, 0.6) is 0 Å². The maximum Gasteiger partial charge on any atom is 0.274 e. The highest BCUT2D eigenvalue weighted by Gasteiger charge is 2.03. The molecule has 0 heterocycles. The van der Waals surface area contributed by atoms with E-state index in [0.717, 1.165) is 0 Å². The van der Waals surface area contributed by atoms with Gasteiger partial charge in [0.15, 0.2) is 0 Å². The fourth-order valence-electron chi connectivity index (χ4n) is 0.302. The zero-order valence-electron chi connectivity index (χ0n) is 5.42. The summed E-state index contributed by atoms with van der Waals surface area (Å²) in [6.45, 7) is 3.25. The summed E-state index contributed by atoms with van der Waals surface area (Å²) in [7, 11) is 0. The van der Waals surface area contributed by atoms with Crippen molar-refractivity contribution in [2.45, 2.75) is 0 Å². The summed E-state index contributed by atoms with van der Waals surface area (Å²) >= 11 is 0. The number of hydrogen-bond donors (Lipinski definition) is 4. The van der Waals surface area contributed by atoms with Crippen molar-refractivity contribution in [3.8, 4) is 0 Å². The Morgan fingerprint density at radius 1 is 1.40 bits per heavy atom. The largest absolute Gasteiger partial charge is 0.391 e. The van der Waals surface area contributed by atoms with Crippen LogP contribution in [0.2, 0.25) is 0 Å². The van der Waals surface area contributed by atoms with Gasteiger partial charge < -0.3 is 22.5 Å². The van der Waals surface area contributed by atoms with Crippen LogP contribution in [0.25, 0.3) is 0 Å². The maximum absolute atomic E-state index is 10.7. The number of carbonyl (C=O) groups excluding carboxylic acids is 1. The van der Waals surface area contributed by atoms with E-state index in [4.69, 9.17) is 17.2 Å². The Morgan fingerprint density at radius 2 is 1.90 bits per heavy atom. The molecule has 0 aliphatic rings. The summed E-state index contributed by atoms with van der Waals surface area (Å²) in [5.41, 5.74) is 14.9. The predicted octanol–water partition coefficient (Wildman–Crippen LogP) is -1.71. The topological polar surface area (TPSA) is 107 Å². The first-order chi connectivity index (χ1) is 4.59. The number of rotatable bonds is 2. The molecule has 0 aromatic rings. The zero-order valence-corrected chi connectivity index (χ0v) is 5.42. The minimum Gasteiger partial charge on any atom is -0.391 e. The van der Waals surface area contributed by atoms with E-state index in [1.54, 1.807) is 0 Å². The smallest absolute Gasteiger partial charge is 0.274 e. The summed E-state index contributed by atoms with van der Waals surface area (Å²) in [6.07, 6.45) is 1.19. The summed E-state index contributed by atoms with van der Waals surface area (Å²) in [5.74, 6) is -0.741. The molecule has 0 atom stereocenters. The third-order valence-electron chi connectivity index (χ3n) is 0.789. The van der Waals surface area contributed by atoms with Crippen LogP contribution in [0.1, 0.15) is 0 Å². The van der Waals surface area contributed by atoms with E-state index < -0.39 is 5.91 Å². The lowest BCUT2D eigenvalue weighted by molar-refractivity contribution is -0.116. The second kappa shape index (κ2) is 3.39. The van der Waals surface area contributed by atoms with Gasteiger partial charge in [0.2, 0.25) is 0 Å². The van der Waals surface area contributed by atoms with Crippen molar-refractivity contribution >= 4 is 5.91 Å². The predicted molar refractivity (Wildman–Crippen MR) is 37.9 cm³/mol. The molecule has 0 radical (unpaired) electrons.